The number of rotatable bonds is 14. The second kappa shape index (κ2) is 16.3. The zero-order valence-corrected chi connectivity index (χ0v) is 26.8. The first-order valence-electron chi connectivity index (χ1n) is 16.2. The summed E-state index contributed by atoms with van der Waals surface area (Å²) in [6, 6.07) is 37.6. The molecular formula is C39H40N2O7. The topological polar surface area (TPSA) is 104 Å². The van der Waals surface area contributed by atoms with Gasteiger partial charge in [-0.1, -0.05) is 121 Å². The maximum absolute atomic E-state index is 13.7. The monoisotopic (exact) mass is 648 g/mol. The Morgan fingerprint density at radius 2 is 1.23 bits per heavy atom. The van der Waals surface area contributed by atoms with Crippen molar-refractivity contribution in [1.29, 1.82) is 0 Å². The van der Waals surface area contributed by atoms with Gasteiger partial charge in [-0.3, -0.25) is 0 Å². The molecule has 9 nitrogen and oxygen atoms in total. The SMILES string of the molecule is CCOC(=O)C1=C([C@@H]2O[C@H](COCc3ccccc3)[C@@H](OCc3ccccc3)[C@H]2OCc2ccccc2)NC(=O)NC1c1ccccc1. The lowest BCUT2D eigenvalue weighted by Gasteiger charge is -2.33. The van der Waals surface area contributed by atoms with Crippen LogP contribution in [0, 0.1) is 0 Å². The van der Waals surface area contributed by atoms with Crippen molar-refractivity contribution in [3.63, 3.8) is 0 Å². The van der Waals surface area contributed by atoms with Crippen LogP contribution in [0.25, 0.3) is 0 Å². The number of carbonyl (C=O) groups is 2. The van der Waals surface area contributed by atoms with Crippen LogP contribution in [0.15, 0.2) is 133 Å². The Bertz CT molecular complexity index is 1650. The molecule has 248 valence electrons. The summed E-state index contributed by atoms with van der Waals surface area (Å²) in [5.74, 6) is -0.565. The molecule has 0 bridgehead atoms. The van der Waals surface area contributed by atoms with Crippen molar-refractivity contribution in [3.05, 3.63) is 155 Å². The highest BCUT2D eigenvalue weighted by atomic mass is 16.6. The lowest BCUT2D eigenvalue weighted by atomic mass is 9.91. The molecule has 2 heterocycles. The van der Waals surface area contributed by atoms with Gasteiger partial charge in [-0.25, -0.2) is 9.59 Å². The molecule has 2 N–H and O–H groups in total. The predicted octanol–water partition coefficient (Wildman–Crippen LogP) is 6.01. The van der Waals surface area contributed by atoms with Crippen molar-refractivity contribution >= 4 is 12.0 Å². The van der Waals surface area contributed by atoms with Crippen LogP contribution in [-0.2, 0) is 48.3 Å². The predicted molar refractivity (Wildman–Crippen MR) is 179 cm³/mol. The van der Waals surface area contributed by atoms with E-state index in [-0.39, 0.29) is 31.1 Å². The summed E-state index contributed by atoms with van der Waals surface area (Å²) >= 11 is 0. The number of esters is 1. The quantitative estimate of drug-likeness (QED) is 0.161. The van der Waals surface area contributed by atoms with Gasteiger partial charge in [0.2, 0.25) is 0 Å². The van der Waals surface area contributed by atoms with Gasteiger partial charge in [0.15, 0.2) is 0 Å². The fourth-order valence-electron chi connectivity index (χ4n) is 6.02. The molecule has 1 unspecified atom stereocenters. The minimum absolute atomic E-state index is 0.156. The van der Waals surface area contributed by atoms with Crippen LogP contribution in [0.3, 0.4) is 0 Å². The highest BCUT2D eigenvalue weighted by Gasteiger charge is 2.51. The summed E-state index contributed by atoms with van der Waals surface area (Å²) in [7, 11) is 0. The van der Waals surface area contributed by atoms with Crippen LogP contribution in [-0.4, -0.2) is 49.6 Å². The summed E-state index contributed by atoms with van der Waals surface area (Å²) in [6.45, 7) is 3.02. The van der Waals surface area contributed by atoms with Crippen LogP contribution in [0.5, 0.6) is 0 Å². The molecule has 0 aliphatic carbocycles. The van der Waals surface area contributed by atoms with Crippen LogP contribution in [0.4, 0.5) is 4.79 Å². The van der Waals surface area contributed by atoms with Crippen molar-refractivity contribution in [2.24, 2.45) is 0 Å². The number of nitrogens with one attached hydrogen (secondary N) is 2. The van der Waals surface area contributed by atoms with Crippen molar-refractivity contribution in [2.75, 3.05) is 13.2 Å². The molecule has 1 fully saturated rings. The van der Waals surface area contributed by atoms with E-state index in [0.29, 0.717) is 13.2 Å². The van der Waals surface area contributed by atoms with Gasteiger partial charge in [0.25, 0.3) is 0 Å². The second-order valence-corrected chi connectivity index (χ2v) is 11.6. The second-order valence-electron chi connectivity index (χ2n) is 11.6. The molecule has 48 heavy (non-hydrogen) atoms. The summed E-state index contributed by atoms with van der Waals surface area (Å²) in [4.78, 5) is 27.0. The van der Waals surface area contributed by atoms with Gasteiger partial charge < -0.3 is 34.3 Å². The number of ether oxygens (including phenoxy) is 5. The Morgan fingerprint density at radius 3 is 1.79 bits per heavy atom. The highest BCUT2D eigenvalue weighted by molar-refractivity contribution is 5.95. The zero-order chi connectivity index (χ0) is 33.1. The molecule has 0 radical (unpaired) electrons. The molecule has 2 aliphatic heterocycles. The fraction of sp³-hybridized carbons (Fsp3) is 0.282. The fourth-order valence-corrected chi connectivity index (χ4v) is 6.02. The molecule has 2 amide bonds. The average Bonchev–Trinajstić information content (AvgIpc) is 3.48. The van der Waals surface area contributed by atoms with Gasteiger partial charge >= 0.3 is 12.0 Å². The van der Waals surface area contributed by atoms with E-state index in [2.05, 4.69) is 10.6 Å². The summed E-state index contributed by atoms with van der Waals surface area (Å²) < 4.78 is 31.8. The molecule has 0 spiro atoms. The zero-order valence-electron chi connectivity index (χ0n) is 26.8. The summed E-state index contributed by atoms with van der Waals surface area (Å²) in [5, 5.41) is 5.81. The molecule has 0 saturated carbocycles. The van der Waals surface area contributed by atoms with Crippen molar-refractivity contribution in [1.82, 2.24) is 10.6 Å². The van der Waals surface area contributed by atoms with Gasteiger partial charge in [-0.05, 0) is 29.2 Å². The Labute approximate surface area is 280 Å². The highest BCUT2D eigenvalue weighted by Crippen LogP contribution is 2.37. The molecule has 0 aromatic heterocycles. The number of benzene rings is 4. The van der Waals surface area contributed by atoms with Crippen molar-refractivity contribution < 1.29 is 33.3 Å². The van der Waals surface area contributed by atoms with Crippen LogP contribution < -0.4 is 10.6 Å². The van der Waals surface area contributed by atoms with E-state index < -0.39 is 42.5 Å². The Hall–Kier alpha value is -4.80. The maximum Gasteiger partial charge on any atom is 0.338 e. The van der Waals surface area contributed by atoms with Crippen LogP contribution in [0.2, 0.25) is 0 Å². The third-order valence-corrected chi connectivity index (χ3v) is 8.29. The van der Waals surface area contributed by atoms with E-state index in [1.807, 2.05) is 121 Å². The Kier molecular flexibility index (Phi) is 11.3. The van der Waals surface area contributed by atoms with Gasteiger partial charge in [0, 0.05) is 0 Å². The molecule has 4 aromatic carbocycles. The van der Waals surface area contributed by atoms with E-state index in [4.69, 9.17) is 23.7 Å². The van der Waals surface area contributed by atoms with E-state index in [0.717, 1.165) is 22.3 Å². The average molecular weight is 649 g/mol. The smallest absolute Gasteiger partial charge is 0.338 e. The van der Waals surface area contributed by atoms with Crippen LogP contribution >= 0.6 is 0 Å². The molecule has 4 aromatic rings. The minimum Gasteiger partial charge on any atom is -0.463 e. The van der Waals surface area contributed by atoms with E-state index >= 15 is 0 Å². The van der Waals surface area contributed by atoms with Crippen molar-refractivity contribution in [2.45, 2.75) is 57.2 Å². The van der Waals surface area contributed by atoms with E-state index in [9.17, 15) is 9.59 Å². The number of hydrogen-bond acceptors (Lipinski definition) is 7. The van der Waals surface area contributed by atoms with Gasteiger partial charge in [-0.15, -0.1) is 0 Å². The van der Waals surface area contributed by atoms with Gasteiger partial charge in [0.05, 0.1) is 50.3 Å². The Balaban J connectivity index is 1.38. The molecule has 9 heteroatoms. The lowest BCUT2D eigenvalue weighted by molar-refractivity contribution is -0.139. The summed E-state index contributed by atoms with van der Waals surface area (Å²) in [6.07, 6.45) is -2.83. The molecule has 2 aliphatic rings. The number of hydrogen-bond donors (Lipinski definition) is 2. The normalized spacial score (nSPS) is 22.2. The number of urea groups is 1. The van der Waals surface area contributed by atoms with Crippen LogP contribution in [0.1, 0.15) is 35.2 Å². The molecule has 6 rings (SSSR count). The standard InChI is InChI=1S/C39H40N2O7/c1-2-45-38(42)32-33(30-21-13-6-14-22-30)40-39(43)41-34(32)36-37(47-25-29-19-11-5-12-20-29)35(46-24-28-17-9-4-10-18-28)31(48-36)26-44-23-27-15-7-3-8-16-27/h3-22,31,33,35-37H,2,23-26H2,1H3,(H2,40,41,43)/t31-,33?,35-,36+,37-/m1/s1. The van der Waals surface area contributed by atoms with E-state index in [1.165, 1.54) is 0 Å². The van der Waals surface area contributed by atoms with Gasteiger partial charge in [0.1, 0.15) is 24.4 Å². The molecule has 1 saturated heterocycles. The van der Waals surface area contributed by atoms with Crippen molar-refractivity contribution in [3.8, 4) is 0 Å². The molecular weight excluding hydrogens is 608 g/mol. The van der Waals surface area contributed by atoms with E-state index in [1.54, 1.807) is 6.92 Å². The van der Waals surface area contributed by atoms with Gasteiger partial charge in [-0.2, -0.15) is 0 Å². The third kappa shape index (κ3) is 8.18. The lowest BCUT2D eigenvalue weighted by Crippen LogP contribution is -2.51. The maximum atomic E-state index is 13.7. The first-order chi connectivity index (χ1) is 23.6. The first kappa shape index (κ1) is 33.1. The first-order valence-corrected chi connectivity index (χ1v) is 16.2. The summed E-state index contributed by atoms with van der Waals surface area (Å²) in [5.41, 5.74) is 4.22. The largest absolute Gasteiger partial charge is 0.463 e. The molecule has 5 atom stereocenters. The third-order valence-electron chi connectivity index (χ3n) is 8.29. The number of amides is 2. The number of carbonyl (C=O) groups excluding carboxylic acids is 2. The Morgan fingerprint density at radius 1 is 0.708 bits per heavy atom. The minimum atomic E-state index is -0.892.